The van der Waals surface area contributed by atoms with Crippen molar-refractivity contribution in [2.75, 3.05) is 6.54 Å². The number of hydrogen-bond donors (Lipinski definition) is 1. The number of rotatable bonds is 0. The largest absolute Gasteiger partial charge is 0.444 e. The van der Waals surface area contributed by atoms with Crippen LogP contribution in [-0.2, 0) is 11.3 Å². The molecule has 0 bridgehead atoms. The molecule has 1 aliphatic rings. The van der Waals surface area contributed by atoms with Crippen LogP contribution in [0.15, 0.2) is 12.1 Å². The van der Waals surface area contributed by atoms with Gasteiger partial charge in [0.2, 0.25) is 0 Å². The number of carbonyl (C=O) groups is 1. The van der Waals surface area contributed by atoms with E-state index < -0.39 is 17.5 Å². The summed E-state index contributed by atoms with van der Waals surface area (Å²) in [5, 5.41) is 0.288. The molecule has 0 aromatic heterocycles. The summed E-state index contributed by atoms with van der Waals surface area (Å²) in [6, 6.07) is 2.29. The third-order valence-corrected chi connectivity index (χ3v) is 3.64. The van der Waals surface area contributed by atoms with Crippen molar-refractivity contribution in [1.82, 2.24) is 4.90 Å². The highest BCUT2D eigenvalue weighted by molar-refractivity contribution is 6.31. The van der Waals surface area contributed by atoms with Gasteiger partial charge >= 0.3 is 6.09 Å². The summed E-state index contributed by atoms with van der Waals surface area (Å²) >= 11 is 6.11. The van der Waals surface area contributed by atoms with Crippen molar-refractivity contribution in [2.24, 2.45) is 5.73 Å². The minimum Gasteiger partial charge on any atom is -0.444 e. The fourth-order valence-corrected chi connectivity index (χ4v) is 2.60. The Kier molecular flexibility index (Phi) is 4.44. The van der Waals surface area contributed by atoms with E-state index in [0.29, 0.717) is 24.1 Å². The summed E-state index contributed by atoms with van der Waals surface area (Å²) in [7, 11) is 0. The lowest BCUT2D eigenvalue weighted by atomic mass is 10.00. The molecule has 0 spiro atoms. The quantitative estimate of drug-likeness (QED) is 0.795. The van der Waals surface area contributed by atoms with E-state index in [2.05, 4.69) is 0 Å². The van der Waals surface area contributed by atoms with Gasteiger partial charge in [-0.2, -0.15) is 0 Å². The second kappa shape index (κ2) is 5.81. The molecule has 0 radical (unpaired) electrons. The highest BCUT2D eigenvalue weighted by Gasteiger charge is 2.28. The molecular weight excluding hydrogens is 295 g/mol. The number of nitrogens with two attached hydrogens (primary N) is 1. The van der Waals surface area contributed by atoms with Crippen LogP contribution in [0.4, 0.5) is 9.18 Å². The van der Waals surface area contributed by atoms with Crippen LogP contribution in [0.3, 0.4) is 0 Å². The van der Waals surface area contributed by atoms with Gasteiger partial charge in [0.15, 0.2) is 0 Å². The molecule has 1 heterocycles. The van der Waals surface area contributed by atoms with Gasteiger partial charge in [-0.05, 0) is 50.5 Å². The zero-order valence-corrected chi connectivity index (χ0v) is 13.2. The van der Waals surface area contributed by atoms with E-state index in [1.807, 2.05) is 20.8 Å². The van der Waals surface area contributed by atoms with Crippen molar-refractivity contribution in [1.29, 1.82) is 0 Å². The third-order valence-electron chi connectivity index (χ3n) is 3.30. The second-order valence-electron chi connectivity index (χ2n) is 6.25. The van der Waals surface area contributed by atoms with Crippen molar-refractivity contribution >= 4 is 17.7 Å². The Labute approximate surface area is 129 Å². The average Bonchev–Trinajstić information content (AvgIpc) is 2.48. The zero-order valence-electron chi connectivity index (χ0n) is 12.5. The number of nitrogens with zero attached hydrogens (tertiary/aromatic N) is 1. The first-order valence-corrected chi connectivity index (χ1v) is 7.26. The number of halogens is 2. The lowest BCUT2D eigenvalue weighted by Gasteiger charge is -2.26. The summed E-state index contributed by atoms with van der Waals surface area (Å²) in [6.07, 6.45) is 0.120. The Morgan fingerprint density at radius 2 is 2.14 bits per heavy atom. The number of hydrogen-bond acceptors (Lipinski definition) is 3. The van der Waals surface area contributed by atoms with Crippen LogP contribution in [0.5, 0.6) is 0 Å². The minimum absolute atomic E-state index is 0.275. The summed E-state index contributed by atoms with van der Waals surface area (Å²) < 4.78 is 18.9. The standard InChI is InChI=1S/C15H20ClFN2O2/c1-15(2,3)21-14(20)19-5-4-13(18)10-6-9(17)7-12(16)11(10)8-19/h6-7,13H,4-5,8,18H2,1-3H3/t13-/m1/s1. The maximum atomic E-state index is 13.5. The molecule has 2 rings (SSSR count). The van der Waals surface area contributed by atoms with Crippen molar-refractivity contribution in [3.63, 3.8) is 0 Å². The topological polar surface area (TPSA) is 55.6 Å². The number of fused-ring (bicyclic) bond motifs is 1. The first-order chi connectivity index (χ1) is 9.67. The summed E-state index contributed by atoms with van der Waals surface area (Å²) in [6.45, 7) is 6.15. The maximum Gasteiger partial charge on any atom is 0.410 e. The van der Waals surface area contributed by atoms with E-state index in [0.717, 1.165) is 0 Å². The molecule has 21 heavy (non-hydrogen) atoms. The lowest BCUT2D eigenvalue weighted by Crippen LogP contribution is -2.36. The highest BCUT2D eigenvalue weighted by atomic mass is 35.5. The second-order valence-corrected chi connectivity index (χ2v) is 6.66. The normalized spacial score (nSPS) is 19.0. The van der Waals surface area contributed by atoms with Crippen molar-refractivity contribution in [3.8, 4) is 0 Å². The van der Waals surface area contributed by atoms with Crippen LogP contribution in [0.2, 0.25) is 5.02 Å². The van der Waals surface area contributed by atoms with Crippen LogP contribution < -0.4 is 5.73 Å². The molecule has 0 fully saturated rings. The van der Waals surface area contributed by atoms with E-state index in [-0.39, 0.29) is 17.6 Å². The Balaban J connectivity index is 2.29. The van der Waals surface area contributed by atoms with Crippen LogP contribution in [0.25, 0.3) is 0 Å². The Morgan fingerprint density at radius 3 is 2.76 bits per heavy atom. The lowest BCUT2D eigenvalue weighted by molar-refractivity contribution is 0.0235. The van der Waals surface area contributed by atoms with Gasteiger partial charge in [0.1, 0.15) is 11.4 Å². The molecule has 0 saturated carbocycles. The van der Waals surface area contributed by atoms with Crippen molar-refractivity contribution in [2.45, 2.75) is 45.4 Å². The van der Waals surface area contributed by atoms with Crippen LogP contribution in [-0.4, -0.2) is 23.1 Å². The molecule has 0 saturated heterocycles. The van der Waals surface area contributed by atoms with Crippen LogP contribution >= 0.6 is 11.6 Å². The Morgan fingerprint density at radius 1 is 1.48 bits per heavy atom. The van der Waals surface area contributed by atoms with Gasteiger partial charge in [-0.3, -0.25) is 0 Å². The molecule has 2 N–H and O–H groups in total. The molecule has 6 heteroatoms. The molecule has 1 aromatic rings. The summed E-state index contributed by atoms with van der Waals surface area (Å²) in [5.41, 5.74) is 6.85. The van der Waals surface area contributed by atoms with Crippen LogP contribution in [0.1, 0.15) is 44.4 Å². The number of benzene rings is 1. The fraction of sp³-hybridized carbons (Fsp3) is 0.533. The molecule has 116 valence electrons. The number of ether oxygens (including phenoxy) is 1. The van der Waals surface area contributed by atoms with Gasteiger partial charge in [0.25, 0.3) is 0 Å². The molecule has 0 aliphatic carbocycles. The molecule has 1 amide bonds. The van der Waals surface area contributed by atoms with E-state index in [4.69, 9.17) is 22.1 Å². The van der Waals surface area contributed by atoms with Gasteiger partial charge in [-0.25, -0.2) is 9.18 Å². The monoisotopic (exact) mass is 314 g/mol. The van der Waals surface area contributed by atoms with Crippen molar-refractivity contribution < 1.29 is 13.9 Å². The fourth-order valence-electron chi connectivity index (χ4n) is 2.32. The SMILES string of the molecule is CC(C)(C)OC(=O)N1CC[C@@H](N)c2cc(F)cc(Cl)c2C1. The predicted octanol–water partition coefficient (Wildman–Crippen LogP) is 3.62. The summed E-state index contributed by atoms with van der Waals surface area (Å²) in [5.74, 6) is -0.417. The van der Waals surface area contributed by atoms with Gasteiger partial charge < -0.3 is 15.4 Å². The highest BCUT2D eigenvalue weighted by Crippen LogP contribution is 2.31. The van der Waals surface area contributed by atoms with Gasteiger partial charge in [-0.1, -0.05) is 11.6 Å². The molecule has 4 nitrogen and oxygen atoms in total. The third kappa shape index (κ3) is 3.86. The van der Waals surface area contributed by atoms with Gasteiger partial charge in [0.05, 0.1) is 6.54 Å². The minimum atomic E-state index is -0.569. The number of carbonyl (C=O) groups excluding carboxylic acids is 1. The van der Waals surface area contributed by atoms with Crippen molar-refractivity contribution in [3.05, 3.63) is 34.1 Å². The average molecular weight is 315 g/mol. The predicted molar refractivity (Wildman–Crippen MR) is 79.6 cm³/mol. The summed E-state index contributed by atoms with van der Waals surface area (Å²) in [4.78, 5) is 13.8. The zero-order chi connectivity index (χ0) is 15.8. The maximum absolute atomic E-state index is 13.5. The van der Waals surface area contributed by atoms with Gasteiger partial charge in [0, 0.05) is 17.6 Å². The molecular formula is C15H20ClFN2O2. The van der Waals surface area contributed by atoms with Crippen LogP contribution in [0, 0.1) is 5.82 Å². The molecule has 1 aromatic carbocycles. The first-order valence-electron chi connectivity index (χ1n) is 6.88. The smallest absolute Gasteiger partial charge is 0.410 e. The van der Waals surface area contributed by atoms with E-state index >= 15 is 0 Å². The van der Waals surface area contributed by atoms with E-state index in [1.54, 1.807) is 4.90 Å². The first kappa shape index (κ1) is 16.0. The van der Waals surface area contributed by atoms with Gasteiger partial charge in [-0.15, -0.1) is 0 Å². The van der Waals surface area contributed by atoms with E-state index in [1.165, 1.54) is 12.1 Å². The Hall–Kier alpha value is -1.33. The van der Waals surface area contributed by atoms with E-state index in [9.17, 15) is 9.18 Å². The molecule has 1 atom stereocenters. The molecule has 0 unspecified atom stereocenters. The number of amides is 1. The Bertz CT molecular complexity index is 557. The molecule has 1 aliphatic heterocycles.